The quantitative estimate of drug-likeness (QED) is 0.629. The molecule has 1 aromatic rings. The molecule has 0 unspecified atom stereocenters. The zero-order valence-corrected chi connectivity index (χ0v) is 10.3. The minimum absolute atomic E-state index is 0.546. The van der Waals surface area contributed by atoms with Crippen molar-refractivity contribution in [3.63, 3.8) is 0 Å². The molecule has 0 bridgehead atoms. The maximum Gasteiger partial charge on any atom is 0.427 e. The minimum Gasteiger partial charge on any atom is -0.452 e. The van der Waals surface area contributed by atoms with Crippen molar-refractivity contribution in [2.75, 3.05) is 7.11 Å². The van der Waals surface area contributed by atoms with Gasteiger partial charge < -0.3 is 4.74 Å². The lowest BCUT2D eigenvalue weighted by Gasteiger charge is -2.06. The van der Waals surface area contributed by atoms with E-state index in [1.165, 1.54) is 7.11 Å². The van der Waals surface area contributed by atoms with Gasteiger partial charge in [0.2, 0.25) is 0 Å². The van der Waals surface area contributed by atoms with Gasteiger partial charge in [0.05, 0.1) is 12.8 Å². The lowest BCUT2D eigenvalue weighted by Crippen LogP contribution is -2.19. The first-order valence-corrected chi connectivity index (χ1v) is 5.74. The van der Waals surface area contributed by atoms with Gasteiger partial charge in [0.15, 0.2) is 0 Å². The summed E-state index contributed by atoms with van der Waals surface area (Å²) in [4.78, 5) is 11.0. The molecule has 92 valence electrons. The summed E-state index contributed by atoms with van der Waals surface area (Å²) < 4.78 is 4.48. The van der Waals surface area contributed by atoms with Gasteiger partial charge in [-0.25, -0.2) is 10.2 Å². The maximum absolute atomic E-state index is 11.0. The van der Waals surface area contributed by atoms with Crippen molar-refractivity contribution in [2.45, 2.75) is 26.2 Å². The molecule has 4 heteroatoms. The maximum atomic E-state index is 11.0. The normalized spacial score (nSPS) is 11.1. The molecule has 17 heavy (non-hydrogen) atoms. The van der Waals surface area contributed by atoms with Crippen molar-refractivity contribution in [3.8, 4) is 0 Å². The predicted molar refractivity (Wildman–Crippen MR) is 68.0 cm³/mol. The fraction of sp³-hybridized carbons (Fsp3) is 0.385. The summed E-state index contributed by atoms with van der Waals surface area (Å²) in [7, 11) is 1.32. The zero-order valence-electron chi connectivity index (χ0n) is 10.3. The van der Waals surface area contributed by atoms with Gasteiger partial charge in [-0.1, -0.05) is 43.7 Å². The van der Waals surface area contributed by atoms with Crippen molar-refractivity contribution >= 4 is 11.8 Å². The van der Waals surface area contributed by atoms with Gasteiger partial charge in [-0.15, -0.1) is 0 Å². The summed E-state index contributed by atoms with van der Waals surface area (Å²) in [5, 5.41) is 4.09. The lowest BCUT2D eigenvalue weighted by atomic mass is 10.1. The molecule has 0 radical (unpaired) electrons. The van der Waals surface area contributed by atoms with Gasteiger partial charge in [-0.05, 0) is 18.4 Å². The minimum atomic E-state index is -0.546. The second-order valence-corrected chi connectivity index (χ2v) is 3.63. The monoisotopic (exact) mass is 234 g/mol. The van der Waals surface area contributed by atoms with Crippen molar-refractivity contribution in [1.29, 1.82) is 0 Å². The Bertz CT molecular complexity index is 374. The van der Waals surface area contributed by atoms with Gasteiger partial charge in [-0.3, -0.25) is 0 Å². The number of carbonyl (C=O) groups is 1. The van der Waals surface area contributed by atoms with E-state index in [0.717, 1.165) is 30.5 Å². The average molecular weight is 234 g/mol. The van der Waals surface area contributed by atoms with E-state index in [1.54, 1.807) is 0 Å². The van der Waals surface area contributed by atoms with Gasteiger partial charge in [-0.2, -0.15) is 5.10 Å². The van der Waals surface area contributed by atoms with E-state index in [0.29, 0.717) is 0 Å². The summed E-state index contributed by atoms with van der Waals surface area (Å²) in [6.45, 7) is 2.12. The standard InChI is InChI=1S/C13H18N2O2/c1-3-4-10-12(14-15-13(16)17-2)11-8-6-5-7-9-11/h5-9H,3-4,10H2,1-2H3,(H,15,16)/b14-12+. The van der Waals surface area contributed by atoms with E-state index in [2.05, 4.69) is 22.2 Å². The molecule has 0 aromatic heterocycles. The molecule has 1 rings (SSSR count). The smallest absolute Gasteiger partial charge is 0.427 e. The molecule has 1 aromatic carbocycles. The lowest BCUT2D eigenvalue weighted by molar-refractivity contribution is 0.171. The van der Waals surface area contributed by atoms with E-state index in [-0.39, 0.29) is 0 Å². The molecule has 0 spiro atoms. The SMILES string of the molecule is CCCC/C(=N\NC(=O)OC)c1ccccc1. The third kappa shape index (κ3) is 4.68. The Kier molecular flexibility index (Phi) is 5.79. The summed E-state index contributed by atoms with van der Waals surface area (Å²) in [5.41, 5.74) is 4.26. The largest absolute Gasteiger partial charge is 0.452 e. The molecule has 0 aliphatic heterocycles. The third-order valence-electron chi connectivity index (χ3n) is 2.34. The second kappa shape index (κ2) is 7.44. The van der Waals surface area contributed by atoms with Crippen LogP contribution in [0.4, 0.5) is 4.79 Å². The molecule has 0 aliphatic rings. The van der Waals surface area contributed by atoms with E-state index in [9.17, 15) is 4.79 Å². The number of methoxy groups -OCH3 is 1. The van der Waals surface area contributed by atoms with Crippen molar-refractivity contribution < 1.29 is 9.53 Å². The summed E-state index contributed by atoms with van der Waals surface area (Å²) in [6, 6.07) is 9.82. The van der Waals surface area contributed by atoms with E-state index >= 15 is 0 Å². The topological polar surface area (TPSA) is 50.7 Å². The van der Waals surface area contributed by atoms with Crippen molar-refractivity contribution in [2.24, 2.45) is 5.10 Å². The van der Waals surface area contributed by atoms with Crippen LogP contribution in [-0.4, -0.2) is 18.9 Å². The molecule has 1 N–H and O–H groups in total. The number of carbonyl (C=O) groups excluding carboxylic acids is 1. The number of rotatable bonds is 5. The van der Waals surface area contributed by atoms with Gasteiger partial charge in [0, 0.05) is 0 Å². The first-order valence-electron chi connectivity index (χ1n) is 5.74. The molecule has 0 heterocycles. The number of hydrogen-bond acceptors (Lipinski definition) is 3. The van der Waals surface area contributed by atoms with Crippen LogP contribution in [0.2, 0.25) is 0 Å². The number of amides is 1. The Morgan fingerprint density at radius 3 is 2.65 bits per heavy atom. The highest BCUT2D eigenvalue weighted by Crippen LogP contribution is 2.07. The fourth-order valence-corrected chi connectivity index (χ4v) is 1.40. The third-order valence-corrected chi connectivity index (χ3v) is 2.34. The zero-order chi connectivity index (χ0) is 12.5. The van der Waals surface area contributed by atoms with Crippen molar-refractivity contribution in [1.82, 2.24) is 5.43 Å². The number of unbranched alkanes of at least 4 members (excludes halogenated alkanes) is 1. The molecule has 0 atom stereocenters. The molecule has 4 nitrogen and oxygen atoms in total. The number of nitrogens with one attached hydrogen (secondary N) is 1. The predicted octanol–water partition coefficient (Wildman–Crippen LogP) is 2.94. The number of hydrogen-bond donors (Lipinski definition) is 1. The number of ether oxygens (including phenoxy) is 1. The summed E-state index contributed by atoms with van der Waals surface area (Å²) >= 11 is 0. The Hall–Kier alpha value is -1.84. The van der Waals surface area contributed by atoms with Gasteiger partial charge >= 0.3 is 6.09 Å². The number of nitrogens with zero attached hydrogens (tertiary/aromatic N) is 1. The average Bonchev–Trinajstić information content (AvgIpc) is 2.39. The Morgan fingerprint density at radius 2 is 2.06 bits per heavy atom. The van der Waals surface area contributed by atoms with E-state index in [1.807, 2.05) is 30.3 Å². The van der Waals surface area contributed by atoms with Crippen LogP contribution in [0.25, 0.3) is 0 Å². The van der Waals surface area contributed by atoms with Crippen LogP contribution in [0.3, 0.4) is 0 Å². The Labute approximate surface area is 102 Å². The van der Waals surface area contributed by atoms with E-state index in [4.69, 9.17) is 0 Å². The van der Waals surface area contributed by atoms with Gasteiger partial charge in [0.25, 0.3) is 0 Å². The molecule has 1 amide bonds. The van der Waals surface area contributed by atoms with Crippen LogP contribution >= 0.6 is 0 Å². The molecular weight excluding hydrogens is 216 g/mol. The molecule has 0 saturated heterocycles. The molecule has 0 aliphatic carbocycles. The highest BCUT2D eigenvalue weighted by molar-refractivity contribution is 6.00. The van der Waals surface area contributed by atoms with Crippen LogP contribution in [0.15, 0.2) is 35.4 Å². The first-order chi connectivity index (χ1) is 8.27. The van der Waals surface area contributed by atoms with Crippen LogP contribution in [0, 0.1) is 0 Å². The first kappa shape index (κ1) is 13.2. The summed E-state index contributed by atoms with van der Waals surface area (Å²) in [6.07, 6.45) is 2.42. The second-order valence-electron chi connectivity index (χ2n) is 3.63. The molecule has 0 fully saturated rings. The number of hydrazone groups is 1. The van der Waals surface area contributed by atoms with Crippen LogP contribution < -0.4 is 5.43 Å². The molecule has 0 saturated carbocycles. The van der Waals surface area contributed by atoms with Crippen LogP contribution in [0.5, 0.6) is 0 Å². The number of benzene rings is 1. The highest BCUT2D eigenvalue weighted by atomic mass is 16.5. The van der Waals surface area contributed by atoms with Gasteiger partial charge in [0.1, 0.15) is 0 Å². The van der Waals surface area contributed by atoms with Crippen LogP contribution in [0.1, 0.15) is 31.7 Å². The van der Waals surface area contributed by atoms with Crippen LogP contribution in [-0.2, 0) is 4.74 Å². The van der Waals surface area contributed by atoms with Crippen molar-refractivity contribution in [3.05, 3.63) is 35.9 Å². The molecular formula is C13H18N2O2. The summed E-state index contributed by atoms with van der Waals surface area (Å²) in [5.74, 6) is 0. The Morgan fingerprint density at radius 1 is 1.35 bits per heavy atom. The Balaban J connectivity index is 2.76. The highest BCUT2D eigenvalue weighted by Gasteiger charge is 2.04. The van der Waals surface area contributed by atoms with E-state index < -0.39 is 6.09 Å². The fourth-order valence-electron chi connectivity index (χ4n) is 1.40.